The Labute approximate surface area is 73.1 Å². The Bertz CT molecular complexity index is 139. The number of nitrogens with one attached hydrogen (secondary N) is 1. The summed E-state index contributed by atoms with van der Waals surface area (Å²) in [6.45, 7) is 2.30. The SMILES string of the molecule is Cl.O=CC1CC2CNCC2C1. The second-order valence-electron chi connectivity index (χ2n) is 3.55. The molecule has 0 amide bonds. The minimum atomic E-state index is 0. The van der Waals surface area contributed by atoms with E-state index < -0.39 is 0 Å². The lowest BCUT2D eigenvalue weighted by Gasteiger charge is -2.02. The van der Waals surface area contributed by atoms with Gasteiger partial charge in [0.25, 0.3) is 0 Å². The van der Waals surface area contributed by atoms with Crippen molar-refractivity contribution in [1.82, 2.24) is 5.32 Å². The molecule has 1 saturated carbocycles. The van der Waals surface area contributed by atoms with E-state index in [4.69, 9.17) is 0 Å². The first kappa shape index (κ1) is 9.01. The maximum absolute atomic E-state index is 10.4. The van der Waals surface area contributed by atoms with Crippen LogP contribution < -0.4 is 5.32 Å². The summed E-state index contributed by atoms with van der Waals surface area (Å²) < 4.78 is 0. The van der Waals surface area contributed by atoms with Gasteiger partial charge >= 0.3 is 0 Å². The third-order valence-corrected chi connectivity index (χ3v) is 2.88. The molecule has 0 aromatic heterocycles. The molecule has 1 aliphatic heterocycles. The van der Waals surface area contributed by atoms with Crippen LogP contribution >= 0.6 is 12.4 Å². The molecule has 1 saturated heterocycles. The summed E-state index contributed by atoms with van der Waals surface area (Å²) in [5.74, 6) is 2.02. The number of carbonyl (C=O) groups is 1. The van der Waals surface area contributed by atoms with Gasteiger partial charge < -0.3 is 10.1 Å². The molecule has 2 fully saturated rings. The number of halogens is 1. The van der Waals surface area contributed by atoms with Gasteiger partial charge in [-0.15, -0.1) is 12.4 Å². The summed E-state index contributed by atoms with van der Waals surface area (Å²) >= 11 is 0. The van der Waals surface area contributed by atoms with E-state index in [0.29, 0.717) is 5.92 Å². The van der Waals surface area contributed by atoms with E-state index in [1.54, 1.807) is 0 Å². The Kier molecular flexibility index (Phi) is 2.90. The zero-order valence-electron chi connectivity index (χ0n) is 6.45. The van der Waals surface area contributed by atoms with Crippen molar-refractivity contribution >= 4 is 18.7 Å². The van der Waals surface area contributed by atoms with Crippen LogP contribution in [0.4, 0.5) is 0 Å². The fourth-order valence-electron chi connectivity index (χ4n) is 2.32. The monoisotopic (exact) mass is 175 g/mol. The van der Waals surface area contributed by atoms with Gasteiger partial charge in [-0.2, -0.15) is 0 Å². The number of hydrogen-bond donors (Lipinski definition) is 1. The normalized spacial score (nSPS) is 41.3. The van der Waals surface area contributed by atoms with Gasteiger partial charge in [0.05, 0.1) is 0 Å². The van der Waals surface area contributed by atoms with E-state index in [-0.39, 0.29) is 12.4 Å². The predicted molar refractivity (Wildman–Crippen MR) is 45.9 cm³/mol. The molecule has 2 rings (SSSR count). The number of fused-ring (bicyclic) bond motifs is 1. The lowest BCUT2D eigenvalue weighted by molar-refractivity contribution is -0.111. The first-order valence-corrected chi connectivity index (χ1v) is 4.06. The molecule has 2 atom stereocenters. The van der Waals surface area contributed by atoms with Gasteiger partial charge in [-0.25, -0.2) is 0 Å². The Morgan fingerprint density at radius 3 is 2.18 bits per heavy atom. The van der Waals surface area contributed by atoms with Crippen LogP contribution in [-0.2, 0) is 4.79 Å². The van der Waals surface area contributed by atoms with Crippen molar-refractivity contribution < 1.29 is 4.79 Å². The minimum absolute atomic E-state index is 0. The van der Waals surface area contributed by atoms with Crippen LogP contribution in [0.1, 0.15) is 12.8 Å². The van der Waals surface area contributed by atoms with E-state index in [1.807, 2.05) is 0 Å². The maximum atomic E-state index is 10.4. The van der Waals surface area contributed by atoms with Crippen molar-refractivity contribution in [3.05, 3.63) is 0 Å². The molecule has 0 aromatic rings. The third kappa shape index (κ3) is 1.57. The highest BCUT2D eigenvalue weighted by Crippen LogP contribution is 2.37. The average molecular weight is 176 g/mol. The van der Waals surface area contributed by atoms with E-state index >= 15 is 0 Å². The molecule has 1 heterocycles. The van der Waals surface area contributed by atoms with E-state index in [0.717, 1.165) is 44.1 Å². The van der Waals surface area contributed by atoms with Crippen LogP contribution in [0.5, 0.6) is 0 Å². The van der Waals surface area contributed by atoms with E-state index in [9.17, 15) is 4.79 Å². The van der Waals surface area contributed by atoms with Gasteiger partial charge in [0, 0.05) is 5.92 Å². The standard InChI is InChI=1S/C8H13NO.ClH/c10-5-6-1-7-3-9-4-8(7)2-6;/h5-9H,1-4H2;1H. The van der Waals surface area contributed by atoms with E-state index in [2.05, 4.69) is 5.32 Å². The smallest absolute Gasteiger partial charge is 0.123 e. The summed E-state index contributed by atoms with van der Waals surface area (Å²) in [6.07, 6.45) is 3.42. The summed E-state index contributed by atoms with van der Waals surface area (Å²) in [5.41, 5.74) is 0. The fourth-order valence-corrected chi connectivity index (χ4v) is 2.32. The van der Waals surface area contributed by atoms with Crippen molar-refractivity contribution in [3.8, 4) is 0 Å². The highest BCUT2D eigenvalue weighted by molar-refractivity contribution is 5.85. The average Bonchev–Trinajstić information content (AvgIpc) is 2.42. The topological polar surface area (TPSA) is 29.1 Å². The third-order valence-electron chi connectivity index (χ3n) is 2.88. The molecule has 0 bridgehead atoms. The van der Waals surface area contributed by atoms with E-state index in [1.165, 1.54) is 0 Å². The Morgan fingerprint density at radius 2 is 1.73 bits per heavy atom. The van der Waals surface area contributed by atoms with Gasteiger partial charge in [0.1, 0.15) is 6.29 Å². The molecule has 64 valence electrons. The van der Waals surface area contributed by atoms with Crippen LogP contribution in [-0.4, -0.2) is 19.4 Å². The summed E-state index contributed by atoms with van der Waals surface area (Å²) in [4.78, 5) is 10.4. The van der Waals surface area contributed by atoms with Gasteiger partial charge in [0.2, 0.25) is 0 Å². The molecule has 2 nitrogen and oxygen atoms in total. The van der Waals surface area contributed by atoms with Gasteiger partial charge in [-0.3, -0.25) is 0 Å². The molecule has 0 aromatic carbocycles. The van der Waals surface area contributed by atoms with Crippen LogP contribution in [0.15, 0.2) is 0 Å². The van der Waals surface area contributed by atoms with Crippen molar-refractivity contribution in [2.45, 2.75) is 12.8 Å². The molecule has 2 aliphatic rings. The highest BCUT2D eigenvalue weighted by Gasteiger charge is 2.36. The van der Waals surface area contributed by atoms with Gasteiger partial charge in [-0.05, 0) is 37.8 Å². The molecular weight excluding hydrogens is 162 g/mol. The summed E-state index contributed by atoms with van der Waals surface area (Å²) in [5, 5.41) is 3.35. The zero-order chi connectivity index (χ0) is 6.97. The lowest BCUT2D eigenvalue weighted by atomic mass is 10.0. The largest absolute Gasteiger partial charge is 0.316 e. The molecule has 3 heteroatoms. The van der Waals surface area contributed by atoms with Crippen molar-refractivity contribution in [2.75, 3.05) is 13.1 Å². The fraction of sp³-hybridized carbons (Fsp3) is 0.875. The second-order valence-corrected chi connectivity index (χ2v) is 3.55. The van der Waals surface area contributed by atoms with Gasteiger partial charge in [-0.1, -0.05) is 0 Å². The second kappa shape index (κ2) is 3.55. The number of rotatable bonds is 1. The van der Waals surface area contributed by atoms with Crippen molar-refractivity contribution in [2.24, 2.45) is 17.8 Å². The van der Waals surface area contributed by atoms with Gasteiger partial charge in [0.15, 0.2) is 0 Å². The van der Waals surface area contributed by atoms with Crippen molar-refractivity contribution in [3.63, 3.8) is 0 Å². The Morgan fingerprint density at radius 1 is 1.18 bits per heavy atom. The molecule has 2 unspecified atom stereocenters. The molecule has 0 radical (unpaired) electrons. The number of aldehydes is 1. The number of hydrogen-bond acceptors (Lipinski definition) is 2. The predicted octanol–water partition coefficient (Wildman–Crippen LogP) is 0.853. The van der Waals surface area contributed by atoms with Crippen LogP contribution in [0.3, 0.4) is 0 Å². The van der Waals surface area contributed by atoms with Crippen molar-refractivity contribution in [1.29, 1.82) is 0 Å². The lowest BCUT2D eigenvalue weighted by Crippen LogP contribution is -2.12. The number of carbonyl (C=O) groups excluding carboxylic acids is 1. The summed E-state index contributed by atoms with van der Waals surface area (Å²) in [6, 6.07) is 0. The Balaban J connectivity index is 0.000000605. The first-order chi connectivity index (χ1) is 4.90. The maximum Gasteiger partial charge on any atom is 0.123 e. The van der Waals surface area contributed by atoms with Crippen LogP contribution in [0.2, 0.25) is 0 Å². The minimum Gasteiger partial charge on any atom is -0.316 e. The molecule has 0 spiro atoms. The quantitative estimate of drug-likeness (QED) is 0.599. The molecular formula is C8H14ClNO. The molecule has 1 N–H and O–H groups in total. The first-order valence-electron chi connectivity index (χ1n) is 4.06. The zero-order valence-corrected chi connectivity index (χ0v) is 7.27. The van der Waals surface area contributed by atoms with Crippen LogP contribution in [0.25, 0.3) is 0 Å². The highest BCUT2D eigenvalue weighted by atomic mass is 35.5. The Hall–Kier alpha value is -0.0800. The molecule has 11 heavy (non-hydrogen) atoms. The summed E-state index contributed by atoms with van der Waals surface area (Å²) in [7, 11) is 0. The van der Waals surface area contributed by atoms with Crippen LogP contribution in [0, 0.1) is 17.8 Å². The molecule has 1 aliphatic carbocycles.